The lowest BCUT2D eigenvalue weighted by molar-refractivity contribution is -0.125. The normalized spacial score (nSPS) is 13.8. The van der Waals surface area contributed by atoms with Crippen LogP contribution in [0.3, 0.4) is 0 Å². The Morgan fingerprint density at radius 3 is 2.30 bits per heavy atom. The van der Waals surface area contributed by atoms with Crippen molar-refractivity contribution in [3.05, 3.63) is 59.7 Å². The summed E-state index contributed by atoms with van der Waals surface area (Å²) < 4.78 is 0. The van der Waals surface area contributed by atoms with Gasteiger partial charge in [0.25, 0.3) is 5.91 Å². The number of amides is 5. The zero-order valence-corrected chi connectivity index (χ0v) is 17.1. The van der Waals surface area contributed by atoms with Crippen LogP contribution in [0.4, 0.5) is 16.2 Å². The second kappa shape index (κ2) is 8.36. The van der Waals surface area contributed by atoms with Crippen molar-refractivity contribution in [2.75, 3.05) is 17.2 Å². The number of benzene rings is 2. The molecule has 0 aromatic heterocycles. The number of imide groups is 1. The van der Waals surface area contributed by atoms with Gasteiger partial charge in [0.15, 0.2) is 0 Å². The van der Waals surface area contributed by atoms with E-state index in [2.05, 4.69) is 16.0 Å². The van der Waals surface area contributed by atoms with Gasteiger partial charge in [-0.05, 0) is 35.9 Å². The molecule has 5 amide bonds. The third-order valence-electron chi connectivity index (χ3n) is 4.53. The molecule has 1 fully saturated rings. The number of carbonyl (C=O) groups is 4. The summed E-state index contributed by atoms with van der Waals surface area (Å²) in [6, 6.07) is 13.2. The molecule has 0 atom stereocenters. The van der Waals surface area contributed by atoms with Crippen LogP contribution in [0, 0.1) is 5.41 Å². The number of urea groups is 1. The highest BCUT2D eigenvalue weighted by molar-refractivity contribution is 6.05. The zero-order chi connectivity index (χ0) is 21.9. The van der Waals surface area contributed by atoms with Crippen LogP contribution in [0.2, 0.25) is 0 Å². The lowest BCUT2D eigenvalue weighted by atomic mass is 9.95. The molecule has 0 saturated carbocycles. The van der Waals surface area contributed by atoms with Gasteiger partial charge in [-0.25, -0.2) is 4.79 Å². The van der Waals surface area contributed by atoms with Crippen LogP contribution >= 0.6 is 0 Å². The maximum absolute atomic E-state index is 12.7. The van der Waals surface area contributed by atoms with Gasteiger partial charge in [0.05, 0.1) is 13.1 Å². The van der Waals surface area contributed by atoms with Crippen molar-refractivity contribution in [2.45, 2.75) is 27.3 Å². The molecule has 0 bridgehead atoms. The summed E-state index contributed by atoms with van der Waals surface area (Å²) in [5.41, 5.74) is 1.63. The van der Waals surface area contributed by atoms with Crippen molar-refractivity contribution >= 4 is 35.1 Å². The van der Waals surface area contributed by atoms with Crippen LogP contribution in [0.1, 0.15) is 36.7 Å². The van der Waals surface area contributed by atoms with E-state index in [4.69, 9.17) is 0 Å². The van der Waals surface area contributed by atoms with Crippen LogP contribution in [-0.4, -0.2) is 35.2 Å². The number of hydrogen-bond donors (Lipinski definition) is 3. The Balaban J connectivity index is 1.69. The number of nitrogens with zero attached hydrogens (tertiary/aromatic N) is 1. The lowest BCUT2D eigenvalue weighted by Gasteiger charge is -2.18. The molecular formula is C22H24N4O4. The molecule has 156 valence electrons. The number of anilines is 2. The van der Waals surface area contributed by atoms with Crippen LogP contribution in [0.5, 0.6) is 0 Å². The maximum Gasteiger partial charge on any atom is 0.324 e. The van der Waals surface area contributed by atoms with Gasteiger partial charge in [-0.1, -0.05) is 39.0 Å². The summed E-state index contributed by atoms with van der Waals surface area (Å²) in [6.45, 7) is 5.56. The molecule has 0 unspecified atom stereocenters. The monoisotopic (exact) mass is 408 g/mol. The Labute approximate surface area is 174 Å². The van der Waals surface area contributed by atoms with E-state index < -0.39 is 11.4 Å². The summed E-state index contributed by atoms with van der Waals surface area (Å²) in [6.07, 6.45) is 0. The minimum absolute atomic E-state index is 0.00263. The van der Waals surface area contributed by atoms with Crippen LogP contribution in [-0.2, 0) is 16.1 Å². The van der Waals surface area contributed by atoms with Crippen molar-refractivity contribution in [3.8, 4) is 0 Å². The molecule has 1 heterocycles. The second-order valence-corrected chi connectivity index (χ2v) is 8.08. The molecule has 2 aromatic rings. The van der Waals surface area contributed by atoms with Gasteiger partial charge < -0.3 is 16.0 Å². The minimum Gasteiger partial charge on any atom is -0.329 e. The summed E-state index contributed by atoms with van der Waals surface area (Å²) in [5.74, 6) is -0.772. The first kappa shape index (κ1) is 21.0. The smallest absolute Gasteiger partial charge is 0.324 e. The molecule has 0 aliphatic carbocycles. The molecule has 3 rings (SSSR count). The second-order valence-electron chi connectivity index (χ2n) is 8.08. The Kier molecular flexibility index (Phi) is 5.86. The summed E-state index contributed by atoms with van der Waals surface area (Å²) in [5, 5.41) is 8.08. The lowest BCUT2D eigenvalue weighted by Crippen LogP contribution is -2.30. The standard InChI is InChI=1S/C22H24N4O4/c1-22(2,3)20(29)25-17-9-5-7-15(11-17)19(28)24-16-8-4-6-14(10-16)13-26-18(27)12-23-21(26)30/h4-11H,12-13H2,1-3H3,(H,23,30)(H,24,28)(H,25,29). The van der Waals surface area contributed by atoms with Gasteiger partial charge in [-0.15, -0.1) is 0 Å². The Bertz CT molecular complexity index is 994. The SMILES string of the molecule is CC(C)(C)C(=O)Nc1cccc(C(=O)Nc2cccc(CN3C(=O)CNC3=O)c2)c1. The molecule has 8 heteroatoms. The first-order chi connectivity index (χ1) is 14.1. The molecule has 8 nitrogen and oxygen atoms in total. The predicted molar refractivity (Wildman–Crippen MR) is 113 cm³/mol. The molecule has 1 saturated heterocycles. The third kappa shape index (κ3) is 5.02. The Hall–Kier alpha value is -3.68. The molecule has 3 N–H and O–H groups in total. The minimum atomic E-state index is -0.549. The molecule has 2 aromatic carbocycles. The van der Waals surface area contributed by atoms with E-state index in [1.165, 1.54) is 0 Å². The van der Waals surface area contributed by atoms with Crippen molar-refractivity contribution in [2.24, 2.45) is 5.41 Å². The Morgan fingerprint density at radius 1 is 1.00 bits per heavy atom. The van der Waals surface area contributed by atoms with E-state index in [0.29, 0.717) is 22.5 Å². The average Bonchev–Trinajstić information content (AvgIpc) is 3.00. The summed E-state index contributed by atoms with van der Waals surface area (Å²) in [4.78, 5) is 49.4. The molecule has 30 heavy (non-hydrogen) atoms. The molecule has 0 radical (unpaired) electrons. The maximum atomic E-state index is 12.7. The fourth-order valence-electron chi connectivity index (χ4n) is 2.81. The molecule has 0 spiro atoms. The van der Waals surface area contributed by atoms with Gasteiger partial charge in [0.1, 0.15) is 0 Å². The molecule has 1 aliphatic heterocycles. The van der Waals surface area contributed by atoms with Gasteiger partial charge in [0.2, 0.25) is 11.8 Å². The number of nitrogens with one attached hydrogen (secondary N) is 3. The fraction of sp³-hybridized carbons (Fsp3) is 0.273. The van der Waals surface area contributed by atoms with E-state index >= 15 is 0 Å². The topological polar surface area (TPSA) is 108 Å². The first-order valence-corrected chi connectivity index (χ1v) is 9.53. The molecule has 1 aliphatic rings. The van der Waals surface area contributed by atoms with Gasteiger partial charge in [-0.3, -0.25) is 19.3 Å². The van der Waals surface area contributed by atoms with Crippen LogP contribution < -0.4 is 16.0 Å². The predicted octanol–water partition coefficient (Wildman–Crippen LogP) is 2.98. The van der Waals surface area contributed by atoms with E-state index in [0.717, 1.165) is 4.90 Å². The number of hydrogen-bond acceptors (Lipinski definition) is 4. The number of carbonyl (C=O) groups excluding carboxylic acids is 4. The van der Waals surface area contributed by atoms with Gasteiger partial charge in [0, 0.05) is 22.4 Å². The van der Waals surface area contributed by atoms with Crippen LogP contribution in [0.15, 0.2) is 48.5 Å². The van der Waals surface area contributed by atoms with Gasteiger partial charge in [-0.2, -0.15) is 0 Å². The van der Waals surface area contributed by atoms with E-state index in [1.54, 1.807) is 48.5 Å². The van der Waals surface area contributed by atoms with Crippen molar-refractivity contribution < 1.29 is 19.2 Å². The largest absolute Gasteiger partial charge is 0.329 e. The zero-order valence-electron chi connectivity index (χ0n) is 17.1. The highest BCUT2D eigenvalue weighted by Gasteiger charge is 2.28. The summed E-state index contributed by atoms with van der Waals surface area (Å²) in [7, 11) is 0. The third-order valence-corrected chi connectivity index (χ3v) is 4.53. The summed E-state index contributed by atoms with van der Waals surface area (Å²) >= 11 is 0. The van der Waals surface area contributed by atoms with Crippen molar-refractivity contribution in [1.29, 1.82) is 0 Å². The van der Waals surface area contributed by atoms with Crippen LogP contribution in [0.25, 0.3) is 0 Å². The van der Waals surface area contributed by atoms with Gasteiger partial charge >= 0.3 is 6.03 Å². The first-order valence-electron chi connectivity index (χ1n) is 9.53. The van der Waals surface area contributed by atoms with E-state index in [9.17, 15) is 19.2 Å². The number of rotatable bonds is 5. The molecular weight excluding hydrogens is 384 g/mol. The van der Waals surface area contributed by atoms with Crippen molar-refractivity contribution in [3.63, 3.8) is 0 Å². The van der Waals surface area contributed by atoms with Crippen molar-refractivity contribution in [1.82, 2.24) is 10.2 Å². The highest BCUT2D eigenvalue weighted by atomic mass is 16.2. The van der Waals surface area contributed by atoms with E-state index in [1.807, 2.05) is 20.8 Å². The van der Waals surface area contributed by atoms with E-state index in [-0.39, 0.29) is 30.8 Å². The fourth-order valence-corrected chi connectivity index (χ4v) is 2.81. The highest BCUT2D eigenvalue weighted by Crippen LogP contribution is 2.20. The average molecular weight is 408 g/mol. The Morgan fingerprint density at radius 2 is 1.67 bits per heavy atom. The quantitative estimate of drug-likeness (QED) is 0.661.